The highest BCUT2D eigenvalue weighted by molar-refractivity contribution is 6.47. The molecule has 0 unspecified atom stereocenters. The lowest BCUT2D eigenvalue weighted by molar-refractivity contribution is 1.06. The number of hydrogen-bond donors (Lipinski definition) is 0. The number of allylic oxidation sites excluding steroid dienone is 4. The maximum Gasteiger partial charge on any atom is 0.0525 e. The monoisotopic (exact) mass is 138 g/mol. The largest absolute Gasteiger partial charge is 0.0840 e. The molecule has 0 atom stereocenters. The van der Waals surface area contributed by atoms with Crippen molar-refractivity contribution in [1.82, 2.24) is 0 Å². The molecule has 1 aliphatic carbocycles. The minimum atomic E-state index is 0.121. The van der Waals surface area contributed by atoms with Crippen LogP contribution in [0.3, 0.4) is 0 Å². The summed E-state index contributed by atoms with van der Waals surface area (Å²) in [6, 6.07) is 0. The molecular weight excluding hydrogens is 124 g/mol. The van der Waals surface area contributed by atoms with Gasteiger partial charge in [-0.15, -0.1) is 0 Å². The SMILES string of the molecule is CC(C)[SiH2]C1=CC=CC1. The molecule has 0 amide bonds. The van der Waals surface area contributed by atoms with Crippen LogP contribution in [0.1, 0.15) is 20.3 Å². The predicted octanol–water partition coefficient (Wildman–Crippen LogP) is 1.83. The fourth-order valence-corrected chi connectivity index (χ4v) is 2.82. The van der Waals surface area contributed by atoms with Crippen molar-refractivity contribution in [2.75, 3.05) is 0 Å². The summed E-state index contributed by atoms with van der Waals surface area (Å²) in [4.78, 5) is 0. The first-order chi connectivity index (χ1) is 4.29. The summed E-state index contributed by atoms with van der Waals surface area (Å²) in [5, 5.41) is 1.73. The molecule has 50 valence electrons. The zero-order valence-corrected chi connectivity index (χ0v) is 7.64. The fourth-order valence-electron chi connectivity index (χ4n) is 1.17. The van der Waals surface area contributed by atoms with Gasteiger partial charge >= 0.3 is 0 Å². The van der Waals surface area contributed by atoms with E-state index in [1.54, 1.807) is 5.20 Å². The second kappa shape index (κ2) is 3.02. The summed E-state index contributed by atoms with van der Waals surface area (Å²) in [6.07, 6.45) is 7.99. The van der Waals surface area contributed by atoms with Gasteiger partial charge in [-0.05, 0) is 6.42 Å². The minimum absolute atomic E-state index is 0.121. The molecule has 0 heterocycles. The highest BCUT2D eigenvalue weighted by Gasteiger charge is 2.01. The van der Waals surface area contributed by atoms with E-state index in [2.05, 4.69) is 32.1 Å². The van der Waals surface area contributed by atoms with E-state index in [-0.39, 0.29) is 9.52 Å². The van der Waals surface area contributed by atoms with Crippen molar-refractivity contribution in [2.24, 2.45) is 0 Å². The first-order valence-corrected chi connectivity index (χ1v) is 5.16. The molecule has 0 aromatic carbocycles. The lowest BCUT2D eigenvalue weighted by Crippen LogP contribution is -1.97. The van der Waals surface area contributed by atoms with Crippen LogP contribution < -0.4 is 0 Å². The lowest BCUT2D eigenvalue weighted by Gasteiger charge is -2.02. The Morgan fingerprint density at radius 3 is 2.78 bits per heavy atom. The van der Waals surface area contributed by atoms with Gasteiger partial charge in [-0.1, -0.05) is 42.8 Å². The van der Waals surface area contributed by atoms with Gasteiger partial charge in [0.2, 0.25) is 0 Å². The quantitative estimate of drug-likeness (QED) is 0.511. The summed E-state index contributed by atoms with van der Waals surface area (Å²) in [5.74, 6) is 0. The molecule has 0 spiro atoms. The molecule has 0 fully saturated rings. The van der Waals surface area contributed by atoms with Gasteiger partial charge in [0.05, 0.1) is 9.52 Å². The maximum absolute atomic E-state index is 2.32. The molecular formula is C8H14Si. The normalized spacial score (nSPS) is 18.3. The van der Waals surface area contributed by atoms with Crippen LogP contribution in [0, 0.1) is 0 Å². The molecule has 0 N–H and O–H groups in total. The molecule has 1 heteroatoms. The van der Waals surface area contributed by atoms with Crippen molar-refractivity contribution in [2.45, 2.75) is 25.8 Å². The van der Waals surface area contributed by atoms with Crippen LogP contribution >= 0.6 is 0 Å². The van der Waals surface area contributed by atoms with Gasteiger partial charge < -0.3 is 0 Å². The van der Waals surface area contributed by atoms with E-state index in [9.17, 15) is 0 Å². The molecule has 0 aromatic rings. The van der Waals surface area contributed by atoms with Gasteiger partial charge in [-0.2, -0.15) is 0 Å². The molecule has 0 nitrogen and oxygen atoms in total. The summed E-state index contributed by atoms with van der Waals surface area (Å²) in [5.41, 5.74) is 0.955. The van der Waals surface area contributed by atoms with Crippen molar-refractivity contribution in [3.63, 3.8) is 0 Å². The second-order valence-corrected chi connectivity index (χ2v) is 6.00. The summed E-state index contributed by atoms with van der Waals surface area (Å²) < 4.78 is 0. The Labute approximate surface area is 59.5 Å². The number of rotatable bonds is 2. The zero-order valence-electron chi connectivity index (χ0n) is 6.22. The van der Waals surface area contributed by atoms with Crippen molar-refractivity contribution < 1.29 is 0 Å². The Morgan fingerprint density at radius 1 is 1.56 bits per heavy atom. The molecule has 0 aromatic heterocycles. The Bertz CT molecular complexity index is 143. The van der Waals surface area contributed by atoms with Gasteiger partial charge in [0, 0.05) is 0 Å². The van der Waals surface area contributed by atoms with Crippen molar-refractivity contribution in [3.05, 3.63) is 23.4 Å². The van der Waals surface area contributed by atoms with E-state index in [0.29, 0.717) is 0 Å². The highest BCUT2D eigenvalue weighted by atomic mass is 28.2. The Hall–Kier alpha value is -0.303. The third kappa shape index (κ3) is 2.18. The molecule has 1 rings (SSSR count). The van der Waals surface area contributed by atoms with Crippen molar-refractivity contribution in [1.29, 1.82) is 0 Å². The summed E-state index contributed by atoms with van der Waals surface area (Å²) >= 11 is 0. The van der Waals surface area contributed by atoms with E-state index in [1.165, 1.54) is 6.42 Å². The van der Waals surface area contributed by atoms with Crippen LogP contribution in [0.5, 0.6) is 0 Å². The van der Waals surface area contributed by atoms with Gasteiger partial charge in [0.1, 0.15) is 0 Å². The van der Waals surface area contributed by atoms with Gasteiger partial charge in [-0.25, -0.2) is 0 Å². The van der Waals surface area contributed by atoms with Gasteiger partial charge in [0.25, 0.3) is 0 Å². The third-order valence-electron chi connectivity index (χ3n) is 1.52. The molecule has 0 bridgehead atoms. The van der Waals surface area contributed by atoms with Crippen LogP contribution in [0.25, 0.3) is 0 Å². The maximum atomic E-state index is 2.32. The average molecular weight is 138 g/mol. The fraction of sp³-hybridized carbons (Fsp3) is 0.500. The summed E-state index contributed by atoms with van der Waals surface area (Å²) in [7, 11) is 0.121. The Balaban J connectivity index is 2.30. The molecule has 0 saturated carbocycles. The molecule has 9 heavy (non-hydrogen) atoms. The minimum Gasteiger partial charge on any atom is -0.0840 e. The van der Waals surface area contributed by atoms with Gasteiger partial charge in [-0.3, -0.25) is 0 Å². The van der Waals surface area contributed by atoms with Crippen molar-refractivity contribution in [3.8, 4) is 0 Å². The summed E-state index contributed by atoms with van der Waals surface area (Å²) in [6.45, 7) is 4.65. The van der Waals surface area contributed by atoms with Crippen molar-refractivity contribution >= 4 is 9.52 Å². The van der Waals surface area contributed by atoms with Gasteiger partial charge in [0.15, 0.2) is 0 Å². The molecule has 0 aliphatic heterocycles. The Kier molecular flexibility index (Phi) is 2.28. The standard InChI is InChI=1S/C8H14Si/c1-7(2)9-8-5-3-4-6-8/h3-5,7H,6,9H2,1-2H3. The topological polar surface area (TPSA) is 0 Å². The Morgan fingerprint density at radius 2 is 2.33 bits per heavy atom. The highest BCUT2D eigenvalue weighted by Crippen LogP contribution is 2.13. The van der Waals surface area contributed by atoms with E-state index < -0.39 is 0 Å². The first-order valence-electron chi connectivity index (χ1n) is 3.63. The van der Waals surface area contributed by atoms with Crippen LogP contribution in [0.4, 0.5) is 0 Å². The molecule has 1 aliphatic rings. The predicted molar refractivity (Wildman–Crippen MR) is 45.5 cm³/mol. The lowest BCUT2D eigenvalue weighted by atomic mass is 10.5. The van der Waals surface area contributed by atoms with E-state index >= 15 is 0 Å². The smallest absolute Gasteiger partial charge is 0.0525 e. The molecule has 0 saturated heterocycles. The number of hydrogen-bond acceptors (Lipinski definition) is 0. The van der Waals surface area contributed by atoms with E-state index in [0.717, 1.165) is 5.54 Å². The van der Waals surface area contributed by atoms with E-state index in [4.69, 9.17) is 0 Å². The van der Waals surface area contributed by atoms with Crippen LogP contribution in [0.15, 0.2) is 23.4 Å². The van der Waals surface area contributed by atoms with Crippen LogP contribution in [0.2, 0.25) is 5.54 Å². The van der Waals surface area contributed by atoms with E-state index in [1.807, 2.05) is 0 Å². The zero-order chi connectivity index (χ0) is 6.69. The first kappa shape index (κ1) is 6.81. The molecule has 0 radical (unpaired) electrons. The van der Waals surface area contributed by atoms with Crippen LogP contribution in [-0.4, -0.2) is 9.52 Å². The third-order valence-corrected chi connectivity index (χ3v) is 3.38. The average Bonchev–Trinajstić information content (AvgIpc) is 2.15. The van der Waals surface area contributed by atoms with Crippen LogP contribution in [-0.2, 0) is 0 Å². The second-order valence-electron chi connectivity index (χ2n) is 3.06.